The van der Waals surface area contributed by atoms with Gasteiger partial charge in [0.2, 0.25) is 0 Å². The van der Waals surface area contributed by atoms with Crippen LogP contribution in [0.5, 0.6) is 0 Å². The van der Waals surface area contributed by atoms with Crippen molar-refractivity contribution >= 4 is 45.4 Å². The third-order valence-corrected chi connectivity index (χ3v) is 6.45. The van der Waals surface area contributed by atoms with Crippen molar-refractivity contribution in [3.8, 4) is 0 Å². The first-order chi connectivity index (χ1) is 8.04. The lowest BCUT2D eigenvalue weighted by atomic mass is 10.1. The molecule has 0 saturated carbocycles. The van der Waals surface area contributed by atoms with Crippen molar-refractivity contribution in [1.29, 1.82) is 0 Å². The van der Waals surface area contributed by atoms with Crippen LogP contribution in [-0.4, -0.2) is 39.4 Å². The van der Waals surface area contributed by atoms with E-state index in [1.54, 1.807) is 16.4 Å². The maximum atomic E-state index is 12.3. The van der Waals surface area contributed by atoms with Gasteiger partial charge in [0.1, 0.15) is 4.21 Å². The van der Waals surface area contributed by atoms with E-state index in [4.69, 9.17) is 11.6 Å². The molecule has 1 aromatic heterocycles. The summed E-state index contributed by atoms with van der Waals surface area (Å²) in [5.74, 6) is 0.408. The van der Waals surface area contributed by atoms with Crippen molar-refractivity contribution in [3.63, 3.8) is 0 Å². The van der Waals surface area contributed by atoms with Gasteiger partial charge >= 0.3 is 0 Å². The number of thiophene rings is 1. The van der Waals surface area contributed by atoms with Gasteiger partial charge in [0.15, 0.2) is 0 Å². The zero-order chi connectivity index (χ0) is 12.5. The van der Waals surface area contributed by atoms with E-state index in [2.05, 4.69) is 5.32 Å². The Labute approximate surface area is 123 Å². The number of sulfonamides is 1. The van der Waals surface area contributed by atoms with Crippen molar-refractivity contribution in [2.45, 2.75) is 10.6 Å². The lowest BCUT2D eigenvalue weighted by molar-refractivity contribution is 0.452. The third kappa shape index (κ3) is 3.37. The van der Waals surface area contributed by atoms with Gasteiger partial charge in [0, 0.05) is 13.1 Å². The molecule has 1 atom stereocenters. The quantitative estimate of drug-likeness (QED) is 0.919. The topological polar surface area (TPSA) is 49.4 Å². The molecule has 0 spiro atoms. The number of nitrogens with zero attached hydrogens (tertiary/aromatic N) is 1. The third-order valence-electron chi connectivity index (χ3n) is 2.88. The molecule has 1 aliphatic rings. The van der Waals surface area contributed by atoms with Crippen molar-refractivity contribution in [1.82, 2.24) is 9.62 Å². The minimum Gasteiger partial charge on any atom is -0.319 e. The molecular formula is C10H16Cl2N2O2S2. The number of halogens is 2. The maximum Gasteiger partial charge on any atom is 0.252 e. The van der Waals surface area contributed by atoms with Crippen molar-refractivity contribution < 1.29 is 8.42 Å². The molecule has 2 heterocycles. The van der Waals surface area contributed by atoms with Gasteiger partial charge in [0.05, 0.1) is 4.34 Å². The van der Waals surface area contributed by atoms with Gasteiger partial charge in [-0.05, 0) is 38.1 Å². The summed E-state index contributed by atoms with van der Waals surface area (Å²) in [7, 11) is -1.44. The smallest absolute Gasteiger partial charge is 0.252 e. The molecule has 0 radical (unpaired) electrons. The summed E-state index contributed by atoms with van der Waals surface area (Å²) in [6.45, 7) is 2.06. The lowest BCUT2D eigenvalue weighted by Gasteiger charge is -2.15. The van der Waals surface area contributed by atoms with Gasteiger partial charge in [0.25, 0.3) is 10.0 Å². The summed E-state index contributed by atoms with van der Waals surface area (Å²) in [6.07, 6.45) is 0.916. The largest absolute Gasteiger partial charge is 0.319 e. The van der Waals surface area contributed by atoms with Crippen molar-refractivity contribution in [3.05, 3.63) is 16.5 Å². The van der Waals surface area contributed by atoms with Crippen LogP contribution in [0.4, 0.5) is 0 Å². The normalized spacial score (nSPS) is 20.9. The van der Waals surface area contributed by atoms with E-state index in [0.29, 0.717) is 27.6 Å². The summed E-state index contributed by atoms with van der Waals surface area (Å²) in [5.41, 5.74) is 0. The van der Waals surface area contributed by atoms with Crippen LogP contribution < -0.4 is 5.32 Å². The fourth-order valence-corrected chi connectivity index (χ4v) is 5.20. The van der Waals surface area contributed by atoms with E-state index in [0.717, 1.165) is 24.3 Å². The molecule has 1 N–H and O–H groups in total. The second kappa shape index (κ2) is 6.54. The first kappa shape index (κ1) is 16.2. The SMILES string of the molecule is CNCC1CCN(S(=O)(=O)c2ccc(Cl)s2)C1.Cl. The lowest BCUT2D eigenvalue weighted by Crippen LogP contribution is -2.29. The second-order valence-electron chi connectivity index (χ2n) is 4.13. The Balaban J connectivity index is 0.00000162. The molecule has 0 aliphatic carbocycles. The molecule has 1 aromatic rings. The van der Waals surface area contributed by atoms with Crippen LogP contribution >= 0.6 is 35.3 Å². The van der Waals surface area contributed by atoms with Crippen LogP contribution in [0.25, 0.3) is 0 Å². The Kier molecular flexibility index (Phi) is 5.89. The Hall–Kier alpha value is 0.150. The van der Waals surface area contributed by atoms with Gasteiger partial charge in [-0.25, -0.2) is 8.42 Å². The summed E-state index contributed by atoms with van der Waals surface area (Å²) in [4.78, 5) is 0. The van der Waals surface area contributed by atoms with Gasteiger partial charge in [-0.15, -0.1) is 23.7 Å². The van der Waals surface area contributed by atoms with Crippen LogP contribution in [0.2, 0.25) is 4.34 Å². The molecule has 0 amide bonds. The molecule has 0 aromatic carbocycles. The number of hydrogen-bond donors (Lipinski definition) is 1. The highest BCUT2D eigenvalue weighted by Crippen LogP contribution is 2.30. The Morgan fingerprint density at radius 3 is 2.83 bits per heavy atom. The number of rotatable bonds is 4. The van der Waals surface area contributed by atoms with Crippen LogP contribution in [0.15, 0.2) is 16.3 Å². The first-order valence-electron chi connectivity index (χ1n) is 5.44. The summed E-state index contributed by atoms with van der Waals surface area (Å²) in [6, 6.07) is 3.20. The molecule has 1 aliphatic heterocycles. The molecule has 104 valence electrons. The van der Waals surface area contributed by atoms with Gasteiger partial charge < -0.3 is 5.32 Å². The fourth-order valence-electron chi connectivity index (χ4n) is 2.03. The number of nitrogens with one attached hydrogen (secondary N) is 1. The zero-order valence-electron chi connectivity index (χ0n) is 9.93. The second-order valence-corrected chi connectivity index (χ2v) is 8.01. The molecular weight excluding hydrogens is 315 g/mol. The van der Waals surface area contributed by atoms with Crippen LogP contribution in [-0.2, 0) is 10.0 Å². The summed E-state index contributed by atoms with van der Waals surface area (Å²) < 4.78 is 26.9. The Morgan fingerprint density at radius 2 is 2.28 bits per heavy atom. The van der Waals surface area contributed by atoms with E-state index in [-0.39, 0.29) is 12.4 Å². The van der Waals surface area contributed by atoms with E-state index >= 15 is 0 Å². The molecule has 4 nitrogen and oxygen atoms in total. The average Bonchev–Trinajstić information content (AvgIpc) is 2.88. The Morgan fingerprint density at radius 1 is 1.56 bits per heavy atom. The Bertz CT molecular complexity index is 490. The van der Waals surface area contributed by atoms with Gasteiger partial charge in [-0.1, -0.05) is 11.6 Å². The fraction of sp³-hybridized carbons (Fsp3) is 0.600. The minimum atomic E-state index is -3.33. The highest BCUT2D eigenvalue weighted by molar-refractivity contribution is 7.91. The predicted molar refractivity (Wildman–Crippen MR) is 77.4 cm³/mol. The monoisotopic (exact) mass is 330 g/mol. The predicted octanol–water partition coefficient (Wildman–Crippen LogP) is 2.05. The molecule has 1 saturated heterocycles. The van der Waals surface area contributed by atoms with Crippen molar-refractivity contribution in [2.24, 2.45) is 5.92 Å². The van der Waals surface area contributed by atoms with Gasteiger partial charge in [-0.3, -0.25) is 0 Å². The summed E-state index contributed by atoms with van der Waals surface area (Å²) in [5, 5.41) is 3.09. The minimum absolute atomic E-state index is 0. The van der Waals surface area contributed by atoms with Crippen molar-refractivity contribution in [2.75, 3.05) is 26.7 Å². The average molecular weight is 331 g/mol. The number of hydrogen-bond acceptors (Lipinski definition) is 4. The molecule has 0 bridgehead atoms. The highest BCUT2D eigenvalue weighted by atomic mass is 35.5. The van der Waals surface area contributed by atoms with E-state index < -0.39 is 10.0 Å². The van der Waals surface area contributed by atoms with Gasteiger partial charge in [-0.2, -0.15) is 4.31 Å². The molecule has 2 rings (SSSR count). The zero-order valence-corrected chi connectivity index (χ0v) is 13.1. The van der Waals surface area contributed by atoms with E-state index in [1.807, 2.05) is 7.05 Å². The van der Waals surface area contributed by atoms with E-state index in [1.165, 1.54) is 0 Å². The molecule has 1 fully saturated rings. The van der Waals surface area contributed by atoms with Crippen LogP contribution in [0.3, 0.4) is 0 Å². The molecule has 1 unspecified atom stereocenters. The summed E-state index contributed by atoms with van der Waals surface area (Å²) >= 11 is 6.89. The van der Waals surface area contributed by atoms with E-state index in [9.17, 15) is 8.42 Å². The maximum absolute atomic E-state index is 12.3. The first-order valence-corrected chi connectivity index (χ1v) is 8.07. The van der Waals surface area contributed by atoms with Crippen LogP contribution in [0.1, 0.15) is 6.42 Å². The molecule has 8 heteroatoms. The molecule has 18 heavy (non-hydrogen) atoms. The highest BCUT2D eigenvalue weighted by Gasteiger charge is 2.32. The standard InChI is InChI=1S/C10H15ClN2O2S2.ClH/c1-12-6-8-4-5-13(7-8)17(14,15)10-3-2-9(11)16-10;/h2-3,8,12H,4-7H2,1H3;1H. The van der Waals surface area contributed by atoms with Crippen LogP contribution in [0, 0.1) is 5.92 Å².